The van der Waals surface area contributed by atoms with Gasteiger partial charge in [-0.1, -0.05) is 103 Å². The Bertz CT molecular complexity index is 741. The van der Waals surface area contributed by atoms with E-state index in [-0.39, 0.29) is 0 Å². The third kappa shape index (κ3) is 5.93. The number of rotatable bonds is 11. The molecule has 0 saturated heterocycles. The highest BCUT2D eigenvalue weighted by molar-refractivity contribution is 8.14. The van der Waals surface area contributed by atoms with Crippen LogP contribution >= 0.6 is 11.8 Å². The van der Waals surface area contributed by atoms with Crippen molar-refractivity contribution >= 4 is 16.9 Å². The zero-order valence-corrected chi connectivity index (χ0v) is 24.7. The van der Waals surface area contributed by atoms with Crippen LogP contribution in [0.25, 0.3) is 0 Å². The molecule has 0 unspecified atom stereocenters. The molecule has 0 heterocycles. The Labute approximate surface area is 222 Å². The van der Waals surface area contributed by atoms with Crippen LogP contribution in [0.5, 0.6) is 0 Å². The Balaban J connectivity index is 1.35. The summed E-state index contributed by atoms with van der Waals surface area (Å²) >= 11 is 1.70. The molecule has 3 fully saturated rings. The molecule has 0 aromatic heterocycles. The monoisotopic (exact) mass is 500 g/mol. The molecule has 0 radical (unpaired) electrons. The predicted molar refractivity (Wildman–Crippen MR) is 154 cm³/mol. The van der Waals surface area contributed by atoms with E-state index in [2.05, 4.69) is 40.7 Å². The van der Waals surface area contributed by atoms with Crippen LogP contribution in [0.2, 0.25) is 0 Å². The second-order valence-corrected chi connectivity index (χ2v) is 15.1. The second kappa shape index (κ2) is 12.1. The first-order valence-electron chi connectivity index (χ1n) is 15.7. The summed E-state index contributed by atoms with van der Waals surface area (Å²) in [7, 11) is 0. The number of unbranched alkanes of at least 4 members (excludes halogenated alkanes) is 5. The largest absolute Gasteiger partial charge is 0.287 e. The minimum Gasteiger partial charge on any atom is -0.287 e. The van der Waals surface area contributed by atoms with Crippen LogP contribution in [0.3, 0.4) is 0 Å². The van der Waals surface area contributed by atoms with E-state index in [0.717, 1.165) is 36.5 Å². The first-order valence-corrected chi connectivity index (χ1v) is 16.6. The second-order valence-electron chi connectivity index (χ2n) is 13.7. The predicted octanol–water partition coefficient (Wildman–Crippen LogP) is 10.4. The average molecular weight is 501 g/mol. The van der Waals surface area contributed by atoms with Gasteiger partial charge in [-0.25, -0.2) is 0 Å². The SMILES string of the molecule is CCCCCCCC[C@H]1CC[C@@H]2[C@H]3CC=C4C[C@@H](SC(=O)C[C@@H](C)CC)CC[C@]4(C)[C@@H]3CC[C@]12C. The molecule has 0 spiro atoms. The number of hydrogen-bond donors (Lipinski definition) is 0. The average Bonchev–Trinajstić information content (AvgIpc) is 3.17. The van der Waals surface area contributed by atoms with Crippen LogP contribution in [0.1, 0.15) is 144 Å². The van der Waals surface area contributed by atoms with E-state index in [9.17, 15) is 4.79 Å². The van der Waals surface area contributed by atoms with Gasteiger partial charge in [0.2, 0.25) is 0 Å². The third-order valence-corrected chi connectivity index (χ3v) is 12.8. The molecular formula is C33H56OS. The van der Waals surface area contributed by atoms with Gasteiger partial charge in [0, 0.05) is 11.7 Å². The van der Waals surface area contributed by atoms with Gasteiger partial charge in [0.15, 0.2) is 5.12 Å². The lowest BCUT2D eigenvalue weighted by Crippen LogP contribution is -2.50. The van der Waals surface area contributed by atoms with E-state index in [0.29, 0.717) is 27.1 Å². The summed E-state index contributed by atoms with van der Waals surface area (Å²) < 4.78 is 0. The van der Waals surface area contributed by atoms with Gasteiger partial charge in [0.05, 0.1) is 0 Å². The highest BCUT2D eigenvalue weighted by Gasteiger charge is 2.58. The van der Waals surface area contributed by atoms with Gasteiger partial charge in [0.25, 0.3) is 0 Å². The van der Waals surface area contributed by atoms with Crippen LogP contribution < -0.4 is 0 Å². The molecule has 4 aliphatic carbocycles. The molecule has 0 aromatic carbocycles. The zero-order chi connectivity index (χ0) is 25.1. The number of thioether (sulfide) groups is 1. The highest BCUT2D eigenvalue weighted by atomic mass is 32.2. The Morgan fingerprint density at radius 3 is 2.54 bits per heavy atom. The molecule has 4 rings (SSSR count). The normalized spacial score (nSPS) is 39.3. The van der Waals surface area contributed by atoms with Crippen molar-refractivity contribution in [3.8, 4) is 0 Å². The molecule has 200 valence electrons. The molecular weight excluding hydrogens is 444 g/mol. The molecule has 35 heavy (non-hydrogen) atoms. The standard InChI is InChI=1S/C33H56OS/c1-6-8-9-10-11-12-13-25-15-17-29-28-16-14-26-23-27(35-31(34)22-24(3)7-2)18-20-33(26,5)30(28)19-21-32(25,29)4/h14,24-25,27-30H,6-13,15-23H2,1-5H3/t24-,25-,27-,28+,29+,30+,32+,33-/m0/s1. The molecule has 0 N–H and O–H groups in total. The molecule has 2 heteroatoms. The molecule has 0 amide bonds. The fraction of sp³-hybridized carbons (Fsp3) is 0.909. The summed E-state index contributed by atoms with van der Waals surface area (Å²) in [4.78, 5) is 12.6. The molecule has 3 saturated carbocycles. The maximum Gasteiger partial charge on any atom is 0.189 e. The van der Waals surface area contributed by atoms with Crippen molar-refractivity contribution < 1.29 is 4.79 Å². The lowest BCUT2D eigenvalue weighted by atomic mass is 9.47. The van der Waals surface area contributed by atoms with Gasteiger partial charge in [0.1, 0.15) is 0 Å². The van der Waals surface area contributed by atoms with Crippen molar-refractivity contribution in [2.24, 2.45) is 40.4 Å². The van der Waals surface area contributed by atoms with E-state index in [1.165, 1.54) is 96.3 Å². The molecule has 0 bridgehead atoms. The minimum atomic E-state index is 0.415. The van der Waals surface area contributed by atoms with E-state index in [1.807, 2.05) is 0 Å². The van der Waals surface area contributed by atoms with Crippen molar-refractivity contribution in [2.75, 3.05) is 0 Å². The summed E-state index contributed by atoms with van der Waals surface area (Å²) in [6.45, 7) is 12.1. The van der Waals surface area contributed by atoms with E-state index in [1.54, 1.807) is 17.3 Å². The number of carbonyl (C=O) groups is 1. The third-order valence-electron chi connectivity index (χ3n) is 11.7. The van der Waals surface area contributed by atoms with Crippen LogP contribution in [-0.4, -0.2) is 10.4 Å². The molecule has 0 aromatic rings. The van der Waals surface area contributed by atoms with Crippen LogP contribution in [0, 0.1) is 40.4 Å². The first kappa shape index (κ1) is 27.8. The van der Waals surface area contributed by atoms with E-state index in [4.69, 9.17) is 0 Å². The number of allylic oxidation sites excluding steroid dienone is 2. The van der Waals surface area contributed by atoms with Gasteiger partial charge < -0.3 is 0 Å². The first-order chi connectivity index (χ1) is 16.8. The van der Waals surface area contributed by atoms with E-state index >= 15 is 0 Å². The van der Waals surface area contributed by atoms with Gasteiger partial charge in [-0.3, -0.25) is 4.79 Å². The highest BCUT2D eigenvalue weighted by Crippen LogP contribution is 2.67. The lowest BCUT2D eigenvalue weighted by Gasteiger charge is -2.58. The Hall–Kier alpha value is -0.240. The van der Waals surface area contributed by atoms with Crippen molar-refractivity contribution in [3.63, 3.8) is 0 Å². The summed E-state index contributed by atoms with van der Waals surface area (Å²) in [6.07, 6.45) is 25.7. The van der Waals surface area contributed by atoms with Crippen molar-refractivity contribution in [3.05, 3.63) is 11.6 Å². The van der Waals surface area contributed by atoms with Crippen molar-refractivity contribution in [2.45, 2.75) is 149 Å². The van der Waals surface area contributed by atoms with E-state index < -0.39 is 0 Å². The van der Waals surface area contributed by atoms with Crippen LogP contribution in [0.15, 0.2) is 11.6 Å². The quantitative estimate of drug-likeness (QED) is 0.207. The summed E-state index contributed by atoms with van der Waals surface area (Å²) in [5.74, 6) is 4.31. The Morgan fingerprint density at radius 1 is 1.00 bits per heavy atom. The zero-order valence-electron chi connectivity index (χ0n) is 23.9. The maximum absolute atomic E-state index is 12.6. The fourth-order valence-electron chi connectivity index (χ4n) is 9.15. The van der Waals surface area contributed by atoms with Crippen LogP contribution in [-0.2, 0) is 4.79 Å². The lowest BCUT2D eigenvalue weighted by molar-refractivity contribution is -0.111. The maximum atomic E-state index is 12.6. The number of carbonyl (C=O) groups excluding carboxylic acids is 1. The fourth-order valence-corrected chi connectivity index (χ4v) is 10.4. The minimum absolute atomic E-state index is 0.415. The topological polar surface area (TPSA) is 17.1 Å². The van der Waals surface area contributed by atoms with Crippen LogP contribution in [0.4, 0.5) is 0 Å². The summed E-state index contributed by atoms with van der Waals surface area (Å²) in [5, 5.41) is 0.975. The number of hydrogen-bond acceptors (Lipinski definition) is 2. The Morgan fingerprint density at radius 2 is 1.77 bits per heavy atom. The molecule has 8 atom stereocenters. The van der Waals surface area contributed by atoms with Gasteiger partial charge >= 0.3 is 0 Å². The van der Waals surface area contributed by atoms with Gasteiger partial charge in [-0.15, -0.1) is 0 Å². The summed E-state index contributed by atoms with van der Waals surface area (Å²) in [6, 6.07) is 0. The smallest absolute Gasteiger partial charge is 0.189 e. The molecule has 1 nitrogen and oxygen atoms in total. The van der Waals surface area contributed by atoms with Gasteiger partial charge in [-0.2, -0.15) is 0 Å². The summed E-state index contributed by atoms with van der Waals surface area (Å²) in [5.41, 5.74) is 2.77. The molecule has 0 aliphatic heterocycles. The Kier molecular flexibility index (Phi) is 9.59. The number of fused-ring (bicyclic) bond motifs is 5. The van der Waals surface area contributed by atoms with Crippen molar-refractivity contribution in [1.29, 1.82) is 0 Å². The molecule has 4 aliphatic rings. The van der Waals surface area contributed by atoms with Crippen molar-refractivity contribution in [1.82, 2.24) is 0 Å². The van der Waals surface area contributed by atoms with Gasteiger partial charge in [-0.05, 0) is 98.2 Å².